The quantitative estimate of drug-likeness (QED) is 0.609. The molecule has 1 aromatic carbocycles. The van der Waals surface area contributed by atoms with E-state index in [0.717, 1.165) is 41.9 Å². The summed E-state index contributed by atoms with van der Waals surface area (Å²) < 4.78 is 0. The first-order valence-electron chi connectivity index (χ1n) is 10.8. The lowest BCUT2D eigenvalue weighted by Gasteiger charge is -2.29. The van der Waals surface area contributed by atoms with Crippen LogP contribution in [0.25, 0.3) is 0 Å². The van der Waals surface area contributed by atoms with E-state index in [4.69, 9.17) is 16.6 Å². The molecule has 32 heavy (non-hydrogen) atoms. The van der Waals surface area contributed by atoms with Gasteiger partial charge in [-0.2, -0.15) is 0 Å². The van der Waals surface area contributed by atoms with Crippen molar-refractivity contribution in [1.82, 2.24) is 15.3 Å². The Balaban J connectivity index is 1.53. The first kappa shape index (κ1) is 22.0. The van der Waals surface area contributed by atoms with Crippen LogP contribution in [0.3, 0.4) is 0 Å². The second-order valence-corrected chi connectivity index (χ2v) is 8.30. The van der Waals surface area contributed by atoms with Gasteiger partial charge in [-0.1, -0.05) is 18.5 Å². The summed E-state index contributed by atoms with van der Waals surface area (Å²) in [6, 6.07) is 14.0. The van der Waals surface area contributed by atoms with Crippen LogP contribution in [0.15, 0.2) is 54.7 Å². The summed E-state index contributed by atoms with van der Waals surface area (Å²) in [5, 5.41) is 3.56. The third-order valence-electron chi connectivity index (χ3n) is 5.65. The number of amides is 2. The number of carbonyl (C=O) groups excluding carboxylic acids is 2. The van der Waals surface area contributed by atoms with E-state index < -0.39 is 0 Å². The highest BCUT2D eigenvalue weighted by Crippen LogP contribution is 2.28. The number of nitrogens with one attached hydrogen (secondary N) is 1. The van der Waals surface area contributed by atoms with Crippen LogP contribution in [-0.4, -0.2) is 28.3 Å². The van der Waals surface area contributed by atoms with Crippen LogP contribution in [0.4, 0.5) is 5.69 Å². The van der Waals surface area contributed by atoms with Crippen LogP contribution in [0.5, 0.6) is 0 Å². The van der Waals surface area contributed by atoms with Crippen LogP contribution in [0, 0.1) is 0 Å². The number of benzene rings is 1. The van der Waals surface area contributed by atoms with Crippen molar-refractivity contribution in [1.29, 1.82) is 0 Å². The van der Waals surface area contributed by atoms with Gasteiger partial charge in [-0.05, 0) is 80.3 Å². The lowest BCUT2D eigenvalue weighted by atomic mass is 10.0. The Kier molecular flexibility index (Phi) is 6.51. The molecule has 1 unspecified atom stereocenters. The largest absolute Gasteiger partial charge is 0.344 e. The fourth-order valence-corrected chi connectivity index (χ4v) is 3.95. The molecule has 164 valence electrons. The third-order valence-corrected chi connectivity index (χ3v) is 5.90. The Morgan fingerprint density at radius 1 is 1.16 bits per heavy atom. The van der Waals surface area contributed by atoms with Crippen molar-refractivity contribution < 1.29 is 9.59 Å². The maximum Gasteiger partial charge on any atom is 0.276 e. The van der Waals surface area contributed by atoms with Gasteiger partial charge >= 0.3 is 0 Å². The first-order chi connectivity index (χ1) is 15.5. The number of carbonyl (C=O) groups is 2. The number of hydrogen-bond acceptors (Lipinski definition) is 4. The molecule has 2 aromatic heterocycles. The van der Waals surface area contributed by atoms with Crippen LogP contribution >= 0.6 is 11.6 Å². The predicted octanol–water partition coefficient (Wildman–Crippen LogP) is 4.78. The number of pyridine rings is 2. The molecule has 1 aliphatic heterocycles. The number of rotatable bonds is 5. The van der Waals surface area contributed by atoms with Crippen molar-refractivity contribution >= 4 is 29.1 Å². The molecule has 0 fully saturated rings. The van der Waals surface area contributed by atoms with E-state index in [2.05, 4.69) is 17.2 Å². The van der Waals surface area contributed by atoms with Gasteiger partial charge in [0.15, 0.2) is 0 Å². The highest BCUT2D eigenvalue weighted by atomic mass is 35.5. The molecule has 0 saturated carbocycles. The second-order valence-electron chi connectivity index (χ2n) is 7.87. The van der Waals surface area contributed by atoms with Crippen molar-refractivity contribution in [3.8, 4) is 0 Å². The molecule has 4 rings (SSSR count). The fourth-order valence-electron chi connectivity index (χ4n) is 3.82. The Morgan fingerprint density at radius 2 is 1.94 bits per heavy atom. The zero-order valence-corrected chi connectivity index (χ0v) is 18.9. The summed E-state index contributed by atoms with van der Waals surface area (Å²) in [5.41, 5.74) is 4.50. The highest BCUT2D eigenvalue weighted by molar-refractivity contribution is 6.30. The minimum Gasteiger partial charge on any atom is -0.344 e. The lowest BCUT2D eigenvalue weighted by molar-refractivity contribution is 0.0938. The number of aromatic nitrogens is 2. The summed E-state index contributed by atoms with van der Waals surface area (Å²) in [4.78, 5) is 36.5. The van der Waals surface area contributed by atoms with Gasteiger partial charge < -0.3 is 10.2 Å². The van der Waals surface area contributed by atoms with Crippen LogP contribution in [0.2, 0.25) is 5.02 Å². The molecule has 0 aliphatic carbocycles. The second kappa shape index (κ2) is 9.49. The van der Waals surface area contributed by atoms with Crippen molar-refractivity contribution in [2.45, 2.75) is 39.2 Å². The molecule has 3 aromatic rings. The number of hydrogen-bond donors (Lipinski definition) is 1. The van der Waals surface area contributed by atoms with Crippen LogP contribution in [0.1, 0.15) is 64.1 Å². The van der Waals surface area contributed by atoms with Crippen molar-refractivity contribution in [2.24, 2.45) is 0 Å². The van der Waals surface area contributed by atoms with E-state index in [-0.39, 0.29) is 17.9 Å². The van der Waals surface area contributed by atoms with E-state index in [1.807, 2.05) is 31.2 Å². The Bertz CT molecular complexity index is 1150. The zero-order chi connectivity index (χ0) is 22.7. The van der Waals surface area contributed by atoms with Crippen molar-refractivity contribution in [3.63, 3.8) is 0 Å². The monoisotopic (exact) mass is 448 g/mol. The molecule has 0 spiro atoms. The van der Waals surface area contributed by atoms with E-state index in [9.17, 15) is 9.59 Å². The van der Waals surface area contributed by atoms with E-state index >= 15 is 0 Å². The molecule has 1 aliphatic rings. The highest BCUT2D eigenvalue weighted by Gasteiger charge is 2.26. The fraction of sp³-hybridized carbons (Fsp3) is 0.280. The number of aryl methyl sites for hydroxylation is 2. The summed E-state index contributed by atoms with van der Waals surface area (Å²) in [6.07, 6.45) is 4.15. The SMILES string of the molecule is CCc1ccnc(C(=O)N2CCCc3nc(C(C)NC(=O)c4ccc(Cl)cc4)ccc32)c1. The third kappa shape index (κ3) is 4.65. The zero-order valence-electron chi connectivity index (χ0n) is 18.1. The van der Waals surface area contributed by atoms with Gasteiger partial charge in [0.25, 0.3) is 11.8 Å². The topological polar surface area (TPSA) is 75.2 Å². The molecular formula is C25H25ClN4O2. The molecule has 0 bridgehead atoms. The van der Waals surface area contributed by atoms with Gasteiger partial charge in [0.05, 0.1) is 23.1 Å². The summed E-state index contributed by atoms with van der Waals surface area (Å²) in [7, 11) is 0. The Morgan fingerprint density at radius 3 is 2.69 bits per heavy atom. The average Bonchev–Trinajstić information content (AvgIpc) is 2.83. The molecule has 1 atom stereocenters. The molecule has 6 nitrogen and oxygen atoms in total. The average molecular weight is 449 g/mol. The van der Waals surface area contributed by atoms with Crippen LogP contribution in [-0.2, 0) is 12.8 Å². The predicted molar refractivity (Wildman–Crippen MR) is 125 cm³/mol. The molecule has 7 heteroatoms. The number of nitrogens with zero attached hydrogens (tertiary/aromatic N) is 3. The molecule has 2 amide bonds. The Hall–Kier alpha value is -3.25. The lowest BCUT2D eigenvalue weighted by Crippen LogP contribution is -2.36. The summed E-state index contributed by atoms with van der Waals surface area (Å²) >= 11 is 5.90. The number of halogens is 1. The van der Waals surface area contributed by atoms with Gasteiger partial charge in [0, 0.05) is 23.3 Å². The molecule has 0 radical (unpaired) electrons. The maximum absolute atomic E-state index is 13.1. The summed E-state index contributed by atoms with van der Waals surface area (Å²) in [6.45, 7) is 4.58. The van der Waals surface area contributed by atoms with Crippen molar-refractivity contribution in [2.75, 3.05) is 11.4 Å². The smallest absolute Gasteiger partial charge is 0.276 e. The molecule has 3 heterocycles. The van der Waals surface area contributed by atoms with E-state index in [0.29, 0.717) is 22.8 Å². The Labute approximate surface area is 192 Å². The molecule has 0 saturated heterocycles. The van der Waals surface area contributed by atoms with Crippen molar-refractivity contribution in [3.05, 3.63) is 88.0 Å². The maximum atomic E-state index is 13.1. The van der Waals surface area contributed by atoms with Gasteiger partial charge in [-0.25, -0.2) is 0 Å². The number of anilines is 1. The minimum absolute atomic E-state index is 0.111. The van der Waals surface area contributed by atoms with Gasteiger partial charge in [-0.3, -0.25) is 19.6 Å². The van der Waals surface area contributed by atoms with Crippen LogP contribution < -0.4 is 10.2 Å². The molecular weight excluding hydrogens is 424 g/mol. The molecule has 1 N–H and O–H groups in total. The van der Waals surface area contributed by atoms with Gasteiger partial charge in [0.2, 0.25) is 0 Å². The normalized spacial score (nSPS) is 13.9. The van der Waals surface area contributed by atoms with E-state index in [1.54, 1.807) is 35.4 Å². The summed E-state index contributed by atoms with van der Waals surface area (Å²) in [5.74, 6) is -0.299. The van der Waals surface area contributed by atoms with Gasteiger partial charge in [-0.15, -0.1) is 0 Å². The first-order valence-corrected chi connectivity index (χ1v) is 11.2. The number of fused-ring (bicyclic) bond motifs is 1. The van der Waals surface area contributed by atoms with E-state index in [1.165, 1.54) is 0 Å². The standard InChI is InChI=1S/C25H25ClN4O2/c1-3-17-12-13-27-22(15-17)25(32)30-14-4-5-21-23(30)11-10-20(29-21)16(2)28-24(31)18-6-8-19(26)9-7-18/h6-13,15-16H,3-5,14H2,1-2H3,(H,28,31). The minimum atomic E-state index is -0.280. The van der Waals surface area contributed by atoms with Gasteiger partial charge in [0.1, 0.15) is 5.69 Å².